The first-order valence-corrected chi connectivity index (χ1v) is 8.19. The second-order valence-corrected chi connectivity index (χ2v) is 7.88. The maximum Gasteiger partial charge on any atom is 0.153 e. The molecule has 0 aromatic heterocycles. The molecule has 16 heavy (non-hydrogen) atoms. The van der Waals surface area contributed by atoms with E-state index in [1.54, 1.807) is 0 Å². The van der Waals surface area contributed by atoms with E-state index in [0.29, 0.717) is 11.7 Å². The number of hydrogen-bond acceptors (Lipinski definition) is 3. The van der Waals surface area contributed by atoms with Gasteiger partial charge in [0.25, 0.3) is 0 Å². The smallest absolute Gasteiger partial charge is 0.153 e. The van der Waals surface area contributed by atoms with E-state index in [1.807, 2.05) is 6.92 Å². The molecular weight excluding hydrogens is 222 g/mol. The lowest BCUT2D eigenvalue weighted by Gasteiger charge is -2.20. The minimum atomic E-state index is -2.91. The summed E-state index contributed by atoms with van der Waals surface area (Å²) >= 11 is 0. The Kier molecular flexibility index (Phi) is 3.59. The van der Waals surface area contributed by atoms with Gasteiger partial charge in [-0.2, -0.15) is 0 Å². The van der Waals surface area contributed by atoms with Gasteiger partial charge in [0.1, 0.15) is 0 Å². The van der Waals surface area contributed by atoms with Crippen molar-refractivity contribution in [3.8, 4) is 0 Å². The van der Waals surface area contributed by atoms with Crippen LogP contribution in [0.5, 0.6) is 0 Å². The second kappa shape index (κ2) is 4.65. The minimum Gasteiger partial charge on any atom is -0.327 e. The first-order valence-electron chi connectivity index (χ1n) is 6.48. The molecule has 0 amide bonds. The van der Waals surface area contributed by atoms with Crippen molar-refractivity contribution in [1.82, 2.24) is 0 Å². The summed E-state index contributed by atoms with van der Waals surface area (Å²) in [6.07, 6.45) is 6.27. The monoisotopic (exact) mass is 245 g/mol. The van der Waals surface area contributed by atoms with Gasteiger partial charge in [-0.1, -0.05) is 19.8 Å². The van der Waals surface area contributed by atoms with Crippen LogP contribution in [0.3, 0.4) is 0 Å². The zero-order valence-corrected chi connectivity index (χ0v) is 10.9. The lowest BCUT2D eigenvalue weighted by Crippen LogP contribution is -2.34. The van der Waals surface area contributed by atoms with E-state index in [9.17, 15) is 8.42 Å². The summed E-state index contributed by atoms with van der Waals surface area (Å²) in [6.45, 7) is 1.99. The van der Waals surface area contributed by atoms with Crippen LogP contribution in [-0.2, 0) is 9.84 Å². The predicted molar refractivity (Wildman–Crippen MR) is 65.9 cm³/mol. The summed E-state index contributed by atoms with van der Waals surface area (Å²) < 4.78 is 24.6. The largest absolute Gasteiger partial charge is 0.327 e. The Bertz CT molecular complexity index is 333. The van der Waals surface area contributed by atoms with Crippen molar-refractivity contribution in [2.24, 2.45) is 17.6 Å². The fourth-order valence-corrected chi connectivity index (χ4v) is 5.88. The third-order valence-electron chi connectivity index (χ3n) is 4.45. The average molecular weight is 245 g/mol. The molecule has 0 aromatic rings. The van der Waals surface area contributed by atoms with Crippen LogP contribution in [0, 0.1) is 11.8 Å². The maximum atomic E-state index is 12.3. The third kappa shape index (κ3) is 2.43. The molecule has 0 aromatic carbocycles. The second-order valence-electron chi connectivity index (χ2n) is 5.62. The molecule has 2 N–H and O–H groups in total. The Morgan fingerprint density at radius 1 is 1.12 bits per heavy atom. The average Bonchev–Trinajstić information content (AvgIpc) is 2.78. The highest BCUT2D eigenvalue weighted by Gasteiger charge is 2.40. The van der Waals surface area contributed by atoms with Crippen molar-refractivity contribution in [3.05, 3.63) is 0 Å². The van der Waals surface area contributed by atoms with Crippen LogP contribution in [-0.4, -0.2) is 25.5 Å². The van der Waals surface area contributed by atoms with Gasteiger partial charge < -0.3 is 5.73 Å². The van der Waals surface area contributed by atoms with Crippen LogP contribution in [0.25, 0.3) is 0 Å². The normalized spacial score (nSPS) is 37.0. The fraction of sp³-hybridized carbons (Fsp3) is 1.00. The molecule has 0 heterocycles. The molecule has 2 aliphatic rings. The van der Waals surface area contributed by atoms with Crippen molar-refractivity contribution in [1.29, 1.82) is 0 Å². The molecule has 94 valence electrons. The van der Waals surface area contributed by atoms with E-state index >= 15 is 0 Å². The van der Waals surface area contributed by atoms with E-state index < -0.39 is 9.84 Å². The van der Waals surface area contributed by atoms with Crippen molar-refractivity contribution in [2.45, 2.75) is 56.7 Å². The minimum absolute atomic E-state index is 0.0864. The fourth-order valence-electron chi connectivity index (χ4n) is 3.29. The van der Waals surface area contributed by atoms with Gasteiger partial charge in [-0.15, -0.1) is 0 Å². The Morgan fingerprint density at radius 2 is 1.75 bits per heavy atom. The molecule has 2 saturated carbocycles. The van der Waals surface area contributed by atoms with E-state index in [-0.39, 0.29) is 17.2 Å². The highest BCUT2D eigenvalue weighted by atomic mass is 32.2. The van der Waals surface area contributed by atoms with E-state index in [0.717, 1.165) is 25.7 Å². The highest BCUT2D eigenvalue weighted by molar-refractivity contribution is 7.92. The molecule has 3 atom stereocenters. The molecule has 0 radical (unpaired) electrons. The first-order chi connectivity index (χ1) is 7.50. The van der Waals surface area contributed by atoms with E-state index in [2.05, 4.69) is 0 Å². The summed E-state index contributed by atoms with van der Waals surface area (Å²) in [5.74, 6) is 0.981. The van der Waals surface area contributed by atoms with Gasteiger partial charge in [0.15, 0.2) is 9.84 Å². The van der Waals surface area contributed by atoms with E-state index in [1.165, 1.54) is 12.8 Å². The van der Waals surface area contributed by atoms with Gasteiger partial charge in [0.05, 0.1) is 11.0 Å². The van der Waals surface area contributed by atoms with Crippen LogP contribution >= 0.6 is 0 Å². The quantitative estimate of drug-likeness (QED) is 0.823. The Hall–Kier alpha value is -0.0900. The summed E-state index contributed by atoms with van der Waals surface area (Å²) in [4.78, 5) is 0. The molecular formula is C12H23NO2S. The van der Waals surface area contributed by atoms with Gasteiger partial charge in [0, 0.05) is 6.04 Å². The van der Waals surface area contributed by atoms with Crippen molar-refractivity contribution < 1.29 is 8.42 Å². The molecule has 0 spiro atoms. The Balaban J connectivity index is 2.01. The molecule has 3 unspecified atom stereocenters. The summed E-state index contributed by atoms with van der Waals surface area (Å²) in [7, 11) is -2.91. The summed E-state index contributed by atoms with van der Waals surface area (Å²) in [5.41, 5.74) is 5.91. The van der Waals surface area contributed by atoms with Gasteiger partial charge in [-0.25, -0.2) is 8.42 Å². The Labute approximate surface area is 98.7 Å². The van der Waals surface area contributed by atoms with Crippen LogP contribution in [0.15, 0.2) is 0 Å². The first kappa shape index (κ1) is 12.4. The molecule has 0 bridgehead atoms. The molecule has 3 nitrogen and oxygen atoms in total. The molecule has 0 saturated heterocycles. The zero-order chi connectivity index (χ0) is 11.8. The maximum absolute atomic E-state index is 12.3. The highest BCUT2D eigenvalue weighted by Crippen LogP contribution is 2.34. The van der Waals surface area contributed by atoms with Crippen LogP contribution < -0.4 is 5.73 Å². The standard InChI is InChI=1S/C12H23NO2S/c1-9-11(13)6-7-12(9)16(14,15)8-10-4-2-3-5-10/h9-12H,2-8,13H2,1H3. The van der Waals surface area contributed by atoms with Gasteiger partial charge >= 0.3 is 0 Å². The molecule has 4 heteroatoms. The summed E-state index contributed by atoms with van der Waals surface area (Å²) in [6, 6.07) is 0.0864. The number of nitrogens with two attached hydrogens (primary N) is 1. The molecule has 2 aliphatic carbocycles. The van der Waals surface area contributed by atoms with Crippen LogP contribution in [0.1, 0.15) is 45.4 Å². The van der Waals surface area contributed by atoms with Crippen molar-refractivity contribution in [2.75, 3.05) is 5.75 Å². The number of sulfone groups is 1. The van der Waals surface area contributed by atoms with Gasteiger partial charge in [-0.05, 0) is 37.5 Å². The third-order valence-corrected chi connectivity index (χ3v) is 6.97. The van der Waals surface area contributed by atoms with Crippen LogP contribution in [0.4, 0.5) is 0 Å². The Morgan fingerprint density at radius 3 is 2.25 bits per heavy atom. The zero-order valence-electron chi connectivity index (χ0n) is 10.1. The number of rotatable bonds is 3. The SMILES string of the molecule is CC1C(N)CCC1S(=O)(=O)CC1CCCC1. The molecule has 2 rings (SSSR count). The summed E-state index contributed by atoms with van der Waals surface area (Å²) in [5, 5.41) is -0.164. The molecule has 0 aliphatic heterocycles. The van der Waals surface area contributed by atoms with Gasteiger partial charge in [0.2, 0.25) is 0 Å². The molecule has 2 fully saturated rings. The lowest BCUT2D eigenvalue weighted by atomic mass is 10.1. The van der Waals surface area contributed by atoms with E-state index in [4.69, 9.17) is 5.73 Å². The van der Waals surface area contributed by atoms with Crippen LogP contribution in [0.2, 0.25) is 0 Å². The lowest BCUT2D eigenvalue weighted by molar-refractivity contribution is 0.497. The predicted octanol–water partition coefficient (Wildman–Crippen LogP) is 1.72. The van der Waals surface area contributed by atoms with Crippen molar-refractivity contribution >= 4 is 9.84 Å². The topological polar surface area (TPSA) is 60.2 Å². The number of hydrogen-bond donors (Lipinski definition) is 1. The van der Waals surface area contributed by atoms with Crippen molar-refractivity contribution in [3.63, 3.8) is 0 Å². The van der Waals surface area contributed by atoms with Gasteiger partial charge in [-0.3, -0.25) is 0 Å².